The van der Waals surface area contributed by atoms with Crippen LogP contribution in [0, 0.1) is 11.3 Å². The Morgan fingerprint density at radius 3 is 2.45 bits per heavy atom. The highest BCUT2D eigenvalue weighted by Crippen LogP contribution is 2.53. The molecular weight excluding hydrogens is 138 g/mol. The Balaban J connectivity index is 2.33. The van der Waals surface area contributed by atoms with Crippen LogP contribution in [0.5, 0.6) is 0 Å². The number of hydrogen-bond acceptors (Lipinski definition) is 2. The molecule has 0 bridgehead atoms. The van der Waals surface area contributed by atoms with Crippen LogP contribution >= 0.6 is 0 Å². The molecule has 0 aromatic rings. The molecule has 0 aliphatic heterocycles. The number of aliphatic hydroxyl groups excluding tert-OH is 1. The zero-order valence-electron chi connectivity index (χ0n) is 7.72. The molecule has 1 rings (SSSR count). The first-order valence-electron chi connectivity index (χ1n) is 4.40. The maximum atomic E-state index is 8.77. The van der Waals surface area contributed by atoms with E-state index >= 15 is 0 Å². The normalized spacial score (nSPS) is 30.0. The Kier molecular flexibility index (Phi) is 2.55. The second-order valence-electron chi connectivity index (χ2n) is 4.21. The van der Waals surface area contributed by atoms with Crippen molar-refractivity contribution < 1.29 is 5.11 Å². The lowest BCUT2D eigenvalue weighted by molar-refractivity contribution is 0.253. The largest absolute Gasteiger partial charge is 0.396 e. The lowest BCUT2D eigenvalue weighted by Gasteiger charge is -2.16. The van der Waals surface area contributed by atoms with Gasteiger partial charge < -0.3 is 10.4 Å². The van der Waals surface area contributed by atoms with Crippen LogP contribution in [0.3, 0.4) is 0 Å². The van der Waals surface area contributed by atoms with E-state index in [9.17, 15) is 0 Å². The van der Waals surface area contributed by atoms with E-state index in [0.29, 0.717) is 18.1 Å². The third-order valence-corrected chi connectivity index (χ3v) is 2.89. The molecule has 0 spiro atoms. The maximum Gasteiger partial charge on any atom is 0.0445 e. The van der Waals surface area contributed by atoms with Crippen molar-refractivity contribution in [3.05, 3.63) is 0 Å². The fraction of sp³-hybridized carbons (Fsp3) is 1.00. The number of nitrogens with one attached hydrogen (secondary N) is 1. The van der Waals surface area contributed by atoms with Crippen molar-refractivity contribution in [3.8, 4) is 0 Å². The molecule has 1 fully saturated rings. The van der Waals surface area contributed by atoms with Gasteiger partial charge in [-0.05, 0) is 31.2 Å². The number of rotatable bonds is 4. The molecule has 0 radical (unpaired) electrons. The first-order chi connectivity index (χ1) is 5.11. The summed E-state index contributed by atoms with van der Waals surface area (Å²) in [7, 11) is 1.98. The molecule has 0 saturated heterocycles. The van der Waals surface area contributed by atoms with E-state index in [4.69, 9.17) is 5.11 Å². The van der Waals surface area contributed by atoms with Crippen LogP contribution in [-0.2, 0) is 0 Å². The SMILES string of the molecule is CNC(CCO)[C@H]1CC1(C)C. The molecule has 1 aliphatic rings. The zero-order chi connectivity index (χ0) is 8.48. The van der Waals surface area contributed by atoms with E-state index < -0.39 is 0 Å². The molecule has 0 amide bonds. The summed E-state index contributed by atoms with van der Waals surface area (Å²) in [6.45, 7) is 4.89. The van der Waals surface area contributed by atoms with Crippen molar-refractivity contribution in [2.24, 2.45) is 11.3 Å². The van der Waals surface area contributed by atoms with Crippen LogP contribution < -0.4 is 5.32 Å². The van der Waals surface area contributed by atoms with Gasteiger partial charge in [0, 0.05) is 12.6 Å². The number of aliphatic hydroxyl groups is 1. The Labute approximate surface area is 69.0 Å². The summed E-state index contributed by atoms with van der Waals surface area (Å²) >= 11 is 0. The summed E-state index contributed by atoms with van der Waals surface area (Å²) < 4.78 is 0. The van der Waals surface area contributed by atoms with Gasteiger partial charge in [-0.2, -0.15) is 0 Å². The molecular formula is C9H19NO. The fourth-order valence-corrected chi connectivity index (χ4v) is 1.88. The van der Waals surface area contributed by atoms with Gasteiger partial charge in [-0.15, -0.1) is 0 Å². The van der Waals surface area contributed by atoms with E-state index in [1.165, 1.54) is 6.42 Å². The molecule has 0 aromatic heterocycles. The minimum atomic E-state index is 0.304. The van der Waals surface area contributed by atoms with E-state index in [1.54, 1.807) is 0 Å². The van der Waals surface area contributed by atoms with E-state index in [1.807, 2.05) is 7.05 Å². The van der Waals surface area contributed by atoms with E-state index in [-0.39, 0.29) is 0 Å². The molecule has 2 N–H and O–H groups in total. The fourth-order valence-electron chi connectivity index (χ4n) is 1.88. The van der Waals surface area contributed by atoms with Gasteiger partial charge in [0.2, 0.25) is 0 Å². The summed E-state index contributed by atoms with van der Waals surface area (Å²) in [5.74, 6) is 0.777. The third kappa shape index (κ3) is 1.94. The quantitative estimate of drug-likeness (QED) is 0.638. The minimum Gasteiger partial charge on any atom is -0.396 e. The van der Waals surface area contributed by atoms with Gasteiger partial charge >= 0.3 is 0 Å². The minimum absolute atomic E-state index is 0.304. The Morgan fingerprint density at radius 2 is 2.18 bits per heavy atom. The molecule has 0 aromatic carbocycles. The molecule has 2 atom stereocenters. The lowest BCUT2D eigenvalue weighted by Crippen LogP contribution is -2.30. The summed E-state index contributed by atoms with van der Waals surface area (Å²) in [5, 5.41) is 12.0. The second kappa shape index (κ2) is 3.11. The van der Waals surface area contributed by atoms with Gasteiger partial charge in [-0.3, -0.25) is 0 Å². The third-order valence-electron chi connectivity index (χ3n) is 2.89. The summed E-state index contributed by atoms with van der Waals surface area (Å²) in [5.41, 5.74) is 0.517. The summed E-state index contributed by atoms with van der Waals surface area (Å²) in [4.78, 5) is 0. The first kappa shape index (κ1) is 9.01. The molecule has 1 unspecified atom stereocenters. The predicted molar refractivity (Wildman–Crippen MR) is 46.4 cm³/mol. The Morgan fingerprint density at radius 1 is 1.64 bits per heavy atom. The highest BCUT2D eigenvalue weighted by atomic mass is 16.3. The molecule has 1 aliphatic carbocycles. The Bertz CT molecular complexity index is 134. The smallest absolute Gasteiger partial charge is 0.0445 e. The van der Waals surface area contributed by atoms with Crippen LogP contribution in [0.15, 0.2) is 0 Å². The van der Waals surface area contributed by atoms with Crippen LogP contribution in [0.25, 0.3) is 0 Å². The first-order valence-corrected chi connectivity index (χ1v) is 4.40. The molecule has 2 nitrogen and oxygen atoms in total. The highest BCUT2D eigenvalue weighted by Gasteiger charge is 2.49. The van der Waals surface area contributed by atoms with E-state index in [2.05, 4.69) is 19.2 Å². The van der Waals surface area contributed by atoms with Crippen molar-refractivity contribution >= 4 is 0 Å². The van der Waals surface area contributed by atoms with Gasteiger partial charge in [0.1, 0.15) is 0 Å². The highest BCUT2D eigenvalue weighted by molar-refractivity contribution is 5.01. The standard InChI is InChI=1S/C9H19NO/c1-9(2)6-7(9)8(10-3)4-5-11/h7-8,10-11H,4-6H2,1-3H3/t7-,8?/m1/s1. The lowest BCUT2D eigenvalue weighted by atomic mass is 10.0. The van der Waals surface area contributed by atoms with Crippen molar-refractivity contribution in [2.45, 2.75) is 32.7 Å². The van der Waals surface area contributed by atoms with Crippen LogP contribution in [0.2, 0.25) is 0 Å². The van der Waals surface area contributed by atoms with Crippen molar-refractivity contribution in [3.63, 3.8) is 0 Å². The molecule has 2 heteroatoms. The van der Waals surface area contributed by atoms with E-state index in [0.717, 1.165) is 12.3 Å². The second-order valence-corrected chi connectivity index (χ2v) is 4.21. The van der Waals surface area contributed by atoms with Gasteiger partial charge in [0.25, 0.3) is 0 Å². The molecule has 0 heterocycles. The van der Waals surface area contributed by atoms with Crippen LogP contribution in [0.4, 0.5) is 0 Å². The van der Waals surface area contributed by atoms with Crippen molar-refractivity contribution in [1.29, 1.82) is 0 Å². The molecule has 1 saturated carbocycles. The van der Waals surface area contributed by atoms with Gasteiger partial charge in [0.05, 0.1) is 0 Å². The predicted octanol–water partition coefficient (Wildman–Crippen LogP) is 1.00. The zero-order valence-corrected chi connectivity index (χ0v) is 7.72. The van der Waals surface area contributed by atoms with Gasteiger partial charge in [-0.1, -0.05) is 13.8 Å². The summed E-state index contributed by atoms with van der Waals surface area (Å²) in [6, 6.07) is 0.523. The van der Waals surface area contributed by atoms with Gasteiger partial charge in [0.15, 0.2) is 0 Å². The van der Waals surface area contributed by atoms with Crippen LogP contribution in [0.1, 0.15) is 26.7 Å². The van der Waals surface area contributed by atoms with Crippen molar-refractivity contribution in [1.82, 2.24) is 5.32 Å². The monoisotopic (exact) mass is 157 g/mol. The number of hydrogen-bond donors (Lipinski definition) is 2. The molecule has 11 heavy (non-hydrogen) atoms. The summed E-state index contributed by atoms with van der Waals surface area (Å²) in [6.07, 6.45) is 2.20. The van der Waals surface area contributed by atoms with Crippen LogP contribution in [-0.4, -0.2) is 24.8 Å². The average molecular weight is 157 g/mol. The Hall–Kier alpha value is -0.0800. The topological polar surface area (TPSA) is 32.3 Å². The molecule has 66 valence electrons. The van der Waals surface area contributed by atoms with Crippen molar-refractivity contribution in [2.75, 3.05) is 13.7 Å². The average Bonchev–Trinajstić information content (AvgIpc) is 2.55. The van der Waals surface area contributed by atoms with Gasteiger partial charge in [-0.25, -0.2) is 0 Å². The maximum absolute atomic E-state index is 8.77.